The number of ether oxygens (including phenoxy) is 2. The highest BCUT2D eigenvalue weighted by Crippen LogP contribution is 2.35. The molecule has 0 spiro atoms. The van der Waals surface area contributed by atoms with Crippen LogP contribution in [-0.4, -0.2) is 11.9 Å². The first-order valence-electron chi connectivity index (χ1n) is 9.81. The predicted octanol–water partition coefficient (Wildman–Crippen LogP) is 5.63. The fourth-order valence-corrected chi connectivity index (χ4v) is 3.48. The molecular weight excluding hydrogens is 364 g/mol. The molecule has 1 unspecified atom stereocenters. The molecule has 4 heteroatoms. The molecule has 0 fully saturated rings. The van der Waals surface area contributed by atoms with E-state index in [0.717, 1.165) is 30.2 Å². The summed E-state index contributed by atoms with van der Waals surface area (Å²) >= 11 is 0. The Morgan fingerprint density at radius 1 is 0.897 bits per heavy atom. The first-order valence-corrected chi connectivity index (χ1v) is 9.81. The van der Waals surface area contributed by atoms with Crippen LogP contribution in [0.1, 0.15) is 35.2 Å². The molecule has 0 aliphatic heterocycles. The molecule has 0 saturated carbocycles. The Hall–Kier alpha value is -3.40. The van der Waals surface area contributed by atoms with Crippen LogP contribution in [0.5, 0.6) is 11.5 Å². The molecular formula is C25H22O4. The molecule has 29 heavy (non-hydrogen) atoms. The largest absolute Gasteiger partial charge is 0.425 e. The van der Waals surface area contributed by atoms with Gasteiger partial charge in [-0.25, -0.2) is 4.79 Å². The third-order valence-electron chi connectivity index (χ3n) is 5.09. The standard InChI is InChI=1S/C25H22O4/c1-17-13-15-20(16-14-17)25(27)29-22-12-6-10-18-9-5-11-21(23(18)22)28-24(26)19-7-3-2-4-8-19/h3,5-7,9-16,19H,2,4,8H2,1H3. The zero-order valence-electron chi connectivity index (χ0n) is 16.3. The van der Waals surface area contributed by atoms with Crippen LogP contribution in [0.4, 0.5) is 0 Å². The minimum atomic E-state index is -0.450. The number of fused-ring (bicyclic) bond motifs is 1. The van der Waals surface area contributed by atoms with Crippen molar-refractivity contribution in [1.29, 1.82) is 0 Å². The number of aryl methyl sites for hydroxylation is 1. The topological polar surface area (TPSA) is 52.6 Å². The van der Waals surface area contributed by atoms with Crippen molar-refractivity contribution < 1.29 is 19.1 Å². The fourth-order valence-electron chi connectivity index (χ4n) is 3.48. The van der Waals surface area contributed by atoms with Crippen molar-refractivity contribution in [2.24, 2.45) is 5.92 Å². The molecule has 0 bridgehead atoms. The van der Waals surface area contributed by atoms with Crippen LogP contribution in [0.15, 0.2) is 72.8 Å². The summed E-state index contributed by atoms with van der Waals surface area (Å²) in [4.78, 5) is 25.2. The summed E-state index contributed by atoms with van der Waals surface area (Å²) in [6.07, 6.45) is 6.69. The van der Waals surface area contributed by atoms with E-state index in [1.54, 1.807) is 24.3 Å². The van der Waals surface area contributed by atoms with E-state index < -0.39 is 5.97 Å². The molecule has 1 atom stereocenters. The summed E-state index contributed by atoms with van der Waals surface area (Å²) < 4.78 is 11.4. The number of carbonyl (C=O) groups is 2. The van der Waals surface area contributed by atoms with Gasteiger partial charge in [0.05, 0.1) is 16.9 Å². The third kappa shape index (κ3) is 4.21. The monoisotopic (exact) mass is 386 g/mol. The Morgan fingerprint density at radius 3 is 2.24 bits per heavy atom. The lowest BCUT2D eigenvalue weighted by molar-refractivity contribution is -0.137. The number of rotatable bonds is 4. The van der Waals surface area contributed by atoms with Crippen molar-refractivity contribution in [1.82, 2.24) is 0 Å². The van der Waals surface area contributed by atoms with E-state index in [2.05, 4.69) is 0 Å². The van der Waals surface area contributed by atoms with Gasteiger partial charge in [-0.3, -0.25) is 4.79 Å². The van der Waals surface area contributed by atoms with E-state index in [0.29, 0.717) is 22.4 Å². The summed E-state index contributed by atoms with van der Waals surface area (Å²) in [6.45, 7) is 1.96. The maximum atomic E-state index is 12.6. The van der Waals surface area contributed by atoms with Gasteiger partial charge in [0, 0.05) is 0 Å². The van der Waals surface area contributed by atoms with Crippen molar-refractivity contribution >= 4 is 22.7 Å². The Morgan fingerprint density at radius 2 is 1.59 bits per heavy atom. The molecule has 0 N–H and O–H groups in total. The SMILES string of the molecule is Cc1ccc(C(=O)Oc2cccc3cccc(OC(=O)C4C=CCCC4)c23)cc1. The second kappa shape index (κ2) is 8.31. The van der Waals surface area contributed by atoms with E-state index in [4.69, 9.17) is 9.47 Å². The lowest BCUT2D eigenvalue weighted by atomic mass is 9.96. The van der Waals surface area contributed by atoms with Gasteiger partial charge in [0.2, 0.25) is 0 Å². The van der Waals surface area contributed by atoms with Gasteiger partial charge < -0.3 is 9.47 Å². The maximum absolute atomic E-state index is 12.6. The second-order valence-corrected chi connectivity index (χ2v) is 7.25. The summed E-state index contributed by atoms with van der Waals surface area (Å²) in [5.74, 6) is -0.197. The van der Waals surface area contributed by atoms with E-state index in [1.165, 1.54) is 0 Å². The van der Waals surface area contributed by atoms with Crippen LogP contribution in [0.2, 0.25) is 0 Å². The summed E-state index contributed by atoms with van der Waals surface area (Å²) in [5.41, 5.74) is 1.53. The molecule has 4 rings (SSSR count). The van der Waals surface area contributed by atoms with Crippen molar-refractivity contribution in [3.05, 3.63) is 83.9 Å². The Bertz CT molecular complexity index is 1070. The number of allylic oxidation sites excluding steroid dienone is 1. The predicted molar refractivity (Wildman–Crippen MR) is 112 cm³/mol. The van der Waals surface area contributed by atoms with E-state index in [-0.39, 0.29) is 11.9 Å². The number of carbonyl (C=O) groups excluding carboxylic acids is 2. The lowest BCUT2D eigenvalue weighted by Gasteiger charge is -2.17. The summed E-state index contributed by atoms with van der Waals surface area (Å²) in [6, 6.07) is 18.1. The molecule has 0 heterocycles. The van der Waals surface area contributed by atoms with Crippen molar-refractivity contribution in [3.8, 4) is 11.5 Å². The van der Waals surface area contributed by atoms with Gasteiger partial charge in [-0.15, -0.1) is 0 Å². The quantitative estimate of drug-likeness (QED) is 0.331. The van der Waals surface area contributed by atoms with E-state index in [9.17, 15) is 9.59 Å². The normalized spacial score (nSPS) is 15.8. The van der Waals surface area contributed by atoms with Gasteiger partial charge in [0.25, 0.3) is 0 Å². The van der Waals surface area contributed by atoms with Gasteiger partial charge in [0.15, 0.2) is 0 Å². The van der Waals surface area contributed by atoms with Gasteiger partial charge in [-0.2, -0.15) is 0 Å². The molecule has 0 saturated heterocycles. The Labute approximate surface area is 169 Å². The molecule has 1 aliphatic rings. The molecule has 1 aliphatic carbocycles. The molecule has 146 valence electrons. The molecule has 3 aromatic rings. The number of hydrogen-bond acceptors (Lipinski definition) is 4. The van der Waals surface area contributed by atoms with Crippen LogP contribution in [-0.2, 0) is 4.79 Å². The number of esters is 2. The van der Waals surface area contributed by atoms with Crippen LogP contribution in [0.25, 0.3) is 10.8 Å². The second-order valence-electron chi connectivity index (χ2n) is 7.25. The molecule has 0 aromatic heterocycles. The molecule has 3 aromatic carbocycles. The van der Waals surface area contributed by atoms with Crippen molar-refractivity contribution in [3.63, 3.8) is 0 Å². The van der Waals surface area contributed by atoms with Crippen LogP contribution in [0.3, 0.4) is 0 Å². The van der Waals surface area contributed by atoms with Crippen LogP contribution < -0.4 is 9.47 Å². The Balaban J connectivity index is 1.65. The van der Waals surface area contributed by atoms with Gasteiger partial charge in [-0.1, -0.05) is 54.1 Å². The third-order valence-corrected chi connectivity index (χ3v) is 5.09. The zero-order valence-corrected chi connectivity index (χ0v) is 16.3. The fraction of sp³-hybridized carbons (Fsp3) is 0.200. The molecule has 4 nitrogen and oxygen atoms in total. The van der Waals surface area contributed by atoms with E-state index in [1.807, 2.05) is 55.5 Å². The lowest BCUT2D eigenvalue weighted by Crippen LogP contribution is -2.20. The van der Waals surface area contributed by atoms with Crippen LogP contribution in [0, 0.1) is 12.8 Å². The van der Waals surface area contributed by atoms with Crippen molar-refractivity contribution in [2.75, 3.05) is 0 Å². The number of benzene rings is 3. The highest BCUT2D eigenvalue weighted by Gasteiger charge is 2.21. The average Bonchev–Trinajstić information content (AvgIpc) is 2.75. The first-order chi connectivity index (χ1) is 14.1. The Kier molecular flexibility index (Phi) is 5.43. The minimum absolute atomic E-state index is 0.235. The van der Waals surface area contributed by atoms with E-state index >= 15 is 0 Å². The smallest absolute Gasteiger partial charge is 0.343 e. The molecule has 0 radical (unpaired) electrons. The van der Waals surface area contributed by atoms with Crippen molar-refractivity contribution in [2.45, 2.75) is 26.2 Å². The number of hydrogen-bond donors (Lipinski definition) is 0. The minimum Gasteiger partial charge on any atom is -0.425 e. The zero-order chi connectivity index (χ0) is 20.2. The first kappa shape index (κ1) is 18.9. The summed E-state index contributed by atoms with van der Waals surface area (Å²) in [5, 5.41) is 1.45. The van der Waals surface area contributed by atoms with Gasteiger partial charge in [-0.05, 0) is 55.8 Å². The summed E-state index contributed by atoms with van der Waals surface area (Å²) in [7, 11) is 0. The molecule has 0 amide bonds. The highest BCUT2D eigenvalue weighted by atomic mass is 16.5. The highest BCUT2D eigenvalue weighted by molar-refractivity contribution is 5.99. The average molecular weight is 386 g/mol. The van der Waals surface area contributed by atoms with Gasteiger partial charge in [0.1, 0.15) is 11.5 Å². The maximum Gasteiger partial charge on any atom is 0.343 e. The van der Waals surface area contributed by atoms with Gasteiger partial charge >= 0.3 is 11.9 Å². The van der Waals surface area contributed by atoms with Crippen LogP contribution >= 0.6 is 0 Å².